The summed E-state index contributed by atoms with van der Waals surface area (Å²) >= 11 is 0. The predicted octanol–water partition coefficient (Wildman–Crippen LogP) is 3.26. The first-order chi connectivity index (χ1) is 13.5. The predicted molar refractivity (Wildman–Crippen MR) is 106 cm³/mol. The van der Waals surface area contributed by atoms with Gasteiger partial charge in [-0.1, -0.05) is 0 Å². The summed E-state index contributed by atoms with van der Waals surface area (Å²) in [4.78, 5) is 20.6. The molecule has 10 heteroatoms. The molecule has 1 N–H and O–H groups in total. The van der Waals surface area contributed by atoms with Gasteiger partial charge in [-0.3, -0.25) is 4.79 Å². The number of aryl methyl sites for hydroxylation is 2. The van der Waals surface area contributed by atoms with Crippen LogP contribution in [0, 0.1) is 19.7 Å². The molecule has 1 aromatic carbocycles. The molecule has 29 heavy (non-hydrogen) atoms. The number of aromatic nitrogens is 2. The van der Waals surface area contributed by atoms with Crippen molar-refractivity contribution < 1.29 is 22.0 Å². The number of nitrogens with one attached hydrogen (secondary N) is 1. The minimum Gasteiger partial charge on any atom is -0.443 e. The average Bonchev–Trinajstić information content (AvgIpc) is 2.96. The van der Waals surface area contributed by atoms with E-state index in [0.29, 0.717) is 16.9 Å². The van der Waals surface area contributed by atoms with Gasteiger partial charge >= 0.3 is 0 Å². The van der Waals surface area contributed by atoms with Crippen LogP contribution in [-0.4, -0.2) is 41.7 Å². The van der Waals surface area contributed by atoms with E-state index < -0.39 is 27.3 Å². The number of anilines is 1. The molecule has 2 aromatic heterocycles. The van der Waals surface area contributed by atoms with Gasteiger partial charge in [0.05, 0.1) is 15.8 Å². The first-order valence-electron chi connectivity index (χ1n) is 8.83. The zero-order chi connectivity index (χ0) is 21.5. The zero-order valence-electron chi connectivity index (χ0n) is 16.6. The van der Waals surface area contributed by atoms with Crippen LogP contribution in [0.3, 0.4) is 0 Å². The molecular formula is C19H21FN4O4S. The molecule has 0 bridgehead atoms. The number of sulfonamides is 1. The third-order valence-electron chi connectivity index (χ3n) is 4.78. The molecule has 3 aromatic rings. The van der Waals surface area contributed by atoms with Crippen molar-refractivity contribution in [2.75, 3.05) is 12.4 Å². The van der Waals surface area contributed by atoms with E-state index in [1.54, 1.807) is 27.7 Å². The van der Waals surface area contributed by atoms with Gasteiger partial charge in [0, 0.05) is 18.7 Å². The summed E-state index contributed by atoms with van der Waals surface area (Å²) in [5, 5.41) is 3.03. The van der Waals surface area contributed by atoms with Crippen LogP contribution in [0.1, 0.15) is 35.5 Å². The van der Waals surface area contributed by atoms with E-state index in [-0.39, 0.29) is 16.8 Å². The lowest BCUT2D eigenvalue weighted by molar-refractivity contribution is 0.102. The number of hydrogen-bond acceptors (Lipinski definition) is 6. The van der Waals surface area contributed by atoms with E-state index in [9.17, 15) is 17.6 Å². The van der Waals surface area contributed by atoms with Gasteiger partial charge in [-0.15, -0.1) is 0 Å². The number of furan rings is 1. The Hall–Kier alpha value is -2.85. The summed E-state index contributed by atoms with van der Waals surface area (Å²) in [6.45, 7) is 6.96. The highest BCUT2D eigenvalue weighted by atomic mass is 32.2. The maximum atomic E-state index is 14.3. The molecular weight excluding hydrogens is 399 g/mol. The molecule has 0 saturated carbocycles. The van der Waals surface area contributed by atoms with Crippen molar-refractivity contribution in [3.8, 4) is 0 Å². The Morgan fingerprint density at radius 2 is 1.93 bits per heavy atom. The van der Waals surface area contributed by atoms with Gasteiger partial charge in [-0.25, -0.2) is 22.8 Å². The smallest absolute Gasteiger partial charge is 0.259 e. The first kappa shape index (κ1) is 20.9. The van der Waals surface area contributed by atoms with Crippen molar-refractivity contribution in [2.45, 2.75) is 38.6 Å². The van der Waals surface area contributed by atoms with E-state index in [2.05, 4.69) is 15.3 Å². The van der Waals surface area contributed by atoms with Gasteiger partial charge in [-0.05, 0) is 45.9 Å². The molecule has 0 saturated heterocycles. The molecule has 8 nitrogen and oxygen atoms in total. The Bertz CT molecular complexity index is 1200. The number of carbonyl (C=O) groups is 1. The molecule has 3 rings (SSSR count). The Kier molecular flexibility index (Phi) is 5.42. The third kappa shape index (κ3) is 3.73. The lowest BCUT2D eigenvalue weighted by atomic mass is 10.2. The number of halogens is 1. The summed E-state index contributed by atoms with van der Waals surface area (Å²) in [7, 11) is -2.45. The molecule has 0 aliphatic carbocycles. The van der Waals surface area contributed by atoms with E-state index >= 15 is 0 Å². The third-order valence-corrected chi connectivity index (χ3v) is 6.81. The van der Waals surface area contributed by atoms with Gasteiger partial charge in [-0.2, -0.15) is 4.31 Å². The first-order valence-corrected chi connectivity index (χ1v) is 10.3. The lowest BCUT2D eigenvalue weighted by Crippen LogP contribution is -2.33. The van der Waals surface area contributed by atoms with Gasteiger partial charge in [0.1, 0.15) is 23.7 Å². The fourth-order valence-corrected chi connectivity index (χ4v) is 4.13. The molecule has 0 spiro atoms. The molecule has 1 amide bonds. The largest absolute Gasteiger partial charge is 0.443 e. The number of rotatable bonds is 5. The number of benzene rings is 1. The molecule has 0 aliphatic heterocycles. The van der Waals surface area contributed by atoms with Crippen LogP contribution < -0.4 is 5.32 Å². The Balaban J connectivity index is 2.01. The van der Waals surface area contributed by atoms with Crippen LogP contribution in [0.25, 0.3) is 11.1 Å². The van der Waals surface area contributed by atoms with E-state index in [1.165, 1.54) is 13.4 Å². The van der Waals surface area contributed by atoms with Gasteiger partial charge in [0.25, 0.3) is 5.91 Å². The van der Waals surface area contributed by atoms with E-state index in [1.807, 2.05) is 0 Å². The Morgan fingerprint density at radius 3 is 2.59 bits per heavy atom. The summed E-state index contributed by atoms with van der Waals surface area (Å²) in [6.07, 6.45) is 1.22. The standard InChI is InChI=1S/C19H21FN4O4S/c1-10(2)24(5)29(26,27)13-6-7-15(20)14(8-13)18(25)23-17-16-11(3)12(4)28-19(16)22-9-21-17/h6-10H,1-5H3,(H,21,22,23,25). The van der Waals surface area contributed by atoms with Crippen molar-refractivity contribution in [3.05, 3.63) is 47.2 Å². The zero-order valence-corrected chi connectivity index (χ0v) is 17.5. The maximum Gasteiger partial charge on any atom is 0.259 e. The molecule has 2 heterocycles. The van der Waals surface area contributed by atoms with Crippen LogP contribution in [0.5, 0.6) is 0 Å². The van der Waals surface area contributed by atoms with Gasteiger partial charge in [0.2, 0.25) is 15.7 Å². The second-order valence-corrected chi connectivity index (χ2v) is 8.89. The second kappa shape index (κ2) is 7.53. The average molecular weight is 420 g/mol. The SMILES string of the molecule is Cc1oc2ncnc(NC(=O)c3cc(S(=O)(=O)N(C)C(C)C)ccc3F)c2c1C. The normalized spacial score (nSPS) is 12.1. The van der Waals surface area contributed by atoms with Crippen LogP contribution >= 0.6 is 0 Å². The fourth-order valence-electron chi connectivity index (χ4n) is 2.73. The summed E-state index contributed by atoms with van der Waals surface area (Å²) < 4.78 is 46.4. The van der Waals surface area contributed by atoms with Crippen molar-refractivity contribution in [1.29, 1.82) is 0 Å². The number of carbonyl (C=O) groups excluding carboxylic acids is 1. The molecule has 154 valence electrons. The minimum atomic E-state index is -3.88. The Morgan fingerprint density at radius 1 is 1.24 bits per heavy atom. The highest BCUT2D eigenvalue weighted by Crippen LogP contribution is 2.28. The lowest BCUT2D eigenvalue weighted by Gasteiger charge is -2.21. The van der Waals surface area contributed by atoms with Crippen LogP contribution in [0.2, 0.25) is 0 Å². The van der Waals surface area contributed by atoms with E-state index in [0.717, 1.165) is 28.1 Å². The molecule has 0 radical (unpaired) electrons. The van der Waals surface area contributed by atoms with Crippen molar-refractivity contribution in [3.63, 3.8) is 0 Å². The second-order valence-electron chi connectivity index (χ2n) is 6.90. The van der Waals surface area contributed by atoms with Gasteiger partial charge < -0.3 is 9.73 Å². The summed E-state index contributed by atoms with van der Waals surface area (Å²) in [5.41, 5.74) is 0.625. The molecule has 0 aliphatic rings. The van der Waals surface area contributed by atoms with Crippen molar-refractivity contribution in [2.24, 2.45) is 0 Å². The molecule has 0 atom stereocenters. The van der Waals surface area contributed by atoms with Crippen molar-refractivity contribution in [1.82, 2.24) is 14.3 Å². The minimum absolute atomic E-state index is 0.154. The highest BCUT2D eigenvalue weighted by Gasteiger charge is 2.26. The quantitative estimate of drug-likeness (QED) is 0.679. The number of nitrogens with zero attached hydrogens (tertiary/aromatic N) is 3. The van der Waals surface area contributed by atoms with Crippen molar-refractivity contribution >= 4 is 32.8 Å². The number of fused-ring (bicyclic) bond motifs is 1. The van der Waals surface area contributed by atoms with Crippen LogP contribution in [-0.2, 0) is 10.0 Å². The van der Waals surface area contributed by atoms with E-state index in [4.69, 9.17) is 4.42 Å². The topological polar surface area (TPSA) is 105 Å². The summed E-state index contributed by atoms with van der Waals surface area (Å²) in [5.74, 6) is -0.905. The summed E-state index contributed by atoms with van der Waals surface area (Å²) in [6, 6.07) is 2.81. The fraction of sp³-hybridized carbons (Fsp3) is 0.316. The number of hydrogen-bond donors (Lipinski definition) is 1. The maximum absolute atomic E-state index is 14.3. The van der Waals surface area contributed by atoms with Crippen LogP contribution in [0.15, 0.2) is 33.8 Å². The van der Waals surface area contributed by atoms with Gasteiger partial charge in [0.15, 0.2) is 0 Å². The van der Waals surface area contributed by atoms with Crippen LogP contribution in [0.4, 0.5) is 10.2 Å². The highest BCUT2D eigenvalue weighted by molar-refractivity contribution is 7.89. The molecule has 0 fully saturated rings. The number of amides is 1. The molecule has 0 unspecified atom stereocenters. The Labute approximate surface area is 167 Å². The monoisotopic (exact) mass is 420 g/mol.